The second-order valence-corrected chi connectivity index (χ2v) is 11.7. The number of benzene rings is 3. The molecule has 4 rings (SSSR count). The molecule has 36 heavy (non-hydrogen) atoms. The van der Waals surface area contributed by atoms with Gasteiger partial charge in [-0.15, -0.1) is 0 Å². The molecule has 0 bridgehead atoms. The summed E-state index contributed by atoms with van der Waals surface area (Å²) in [6, 6.07) is 15.1. The maximum absolute atomic E-state index is 14.0. The molecule has 0 radical (unpaired) electrons. The largest absolute Gasteiger partial charge is 0.495 e. The zero-order valence-corrected chi connectivity index (χ0v) is 23.4. The lowest BCUT2D eigenvalue weighted by molar-refractivity contribution is -0.117. The number of carbonyl (C=O) groups excluding carboxylic acids is 1. The first-order chi connectivity index (χ1) is 17.1. The summed E-state index contributed by atoms with van der Waals surface area (Å²) in [5, 5.41) is 0.226. The van der Waals surface area contributed by atoms with Crippen LogP contribution in [0.15, 0.2) is 64.0 Å². The molecule has 10 heteroatoms. The van der Waals surface area contributed by atoms with Crippen molar-refractivity contribution in [2.24, 2.45) is 0 Å². The third kappa shape index (κ3) is 4.92. The number of ether oxygens (including phenoxy) is 2. The van der Waals surface area contributed by atoms with Gasteiger partial charge in [-0.2, -0.15) is 0 Å². The molecule has 1 atom stereocenters. The maximum Gasteiger partial charge on any atom is 0.268 e. The Kier molecular flexibility index (Phi) is 7.54. The number of rotatable bonds is 7. The summed E-state index contributed by atoms with van der Waals surface area (Å²) in [4.78, 5) is 15.3. The number of carbonyl (C=O) groups is 1. The van der Waals surface area contributed by atoms with E-state index in [9.17, 15) is 13.2 Å². The lowest BCUT2D eigenvalue weighted by Gasteiger charge is -2.29. The molecule has 1 heterocycles. The Balaban J connectivity index is 1.81. The molecular formula is C26H26BrClN2O5S. The summed E-state index contributed by atoms with van der Waals surface area (Å²) in [5.41, 5.74) is 2.77. The van der Waals surface area contributed by atoms with Crippen LogP contribution in [-0.2, 0) is 21.2 Å². The van der Waals surface area contributed by atoms with Gasteiger partial charge in [-0.05, 0) is 79.9 Å². The first kappa shape index (κ1) is 26.3. The Labute approximate surface area is 224 Å². The van der Waals surface area contributed by atoms with Crippen LogP contribution in [-0.4, -0.2) is 41.1 Å². The maximum atomic E-state index is 14.0. The Hall–Kier alpha value is -2.75. The third-order valence-corrected chi connectivity index (χ3v) is 8.70. The van der Waals surface area contributed by atoms with E-state index >= 15 is 0 Å². The van der Waals surface area contributed by atoms with Crippen molar-refractivity contribution in [1.29, 1.82) is 0 Å². The van der Waals surface area contributed by atoms with Crippen molar-refractivity contribution >= 4 is 54.8 Å². The minimum absolute atomic E-state index is 0.0384. The number of halogens is 2. The van der Waals surface area contributed by atoms with Crippen molar-refractivity contribution < 1.29 is 22.7 Å². The lowest BCUT2D eigenvalue weighted by atomic mass is 10.1. The number of anilines is 2. The molecule has 7 nitrogen and oxygen atoms in total. The van der Waals surface area contributed by atoms with Crippen molar-refractivity contribution in [3.63, 3.8) is 0 Å². The van der Waals surface area contributed by atoms with Gasteiger partial charge in [-0.1, -0.05) is 33.6 Å². The van der Waals surface area contributed by atoms with Crippen molar-refractivity contribution in [2.75, 3.05) is 30.0 Å². The van der Waals surface area contributed by atoms with Crippen molar-refractivity contribution in [3.05, 3.63) is 75.2 Å². The molecule has 1 amide bonds. The molecule has 0 spiro atoms. The summed E-state index contributed by atoms with van der Waals surface area (Å²) in [6.45, 7) is 3.31. The van der Waals surface area contributed by atoms with E-state index in [-0.39, 0.29) is 33.3 Å². The minimum Gasteiger partial charge on any atom is -0.495 e. The molecule has 1 aliphatic rings. The highest BCUT2D eigenvalue weighted by Gasteiger charge is 2.36. The predicted molar refractivity (Wildman–Crippen MR) is 145 cm³/mol. The first-order valence-corrected chi connectivity index (χ1v) is 13.8. The Bertz CT molecular complexity index is 1430. The van der Waals surface area contributed by atoms with Crippen LogP contribution in [0.2, 0.25) is 5.02 Å². The van der Waals surface area contributed by atoms with Crippen LogP contribution in [0.4, 0.5) is 11.4 Å². The minimum atomic E-state index is -4.23. The van der Waals surface area contributed by atoms with Crippen LogP contribution >= 0.6 is 27.5 Å². The number of sulfonamides is 1. The molecule has 0 fully saturated rings. The van der Waals surface area contributed by atoms with Gasteiger partial charge in [-0.3, -0.25) is 9.10 Å². The smallest absolute Gasteiger partial charge is 0.268 e. The van der Waals surface area contributed by atoms with E-state index in [4.69, 9.17) is 21.1 Å². The van der Waals surface area contributed by atoms with Crippen molar-refractivity contribution in [2.45, 2.75) is 31.2 Å². The number of fused-ring (bicyclic) bond motifs is 1. The second-order valence-electron chi connectivity index (χ2n) is 8.57. The molecule has 1 aliphatic heterocycles. The fourth-order valence-corrected chi connectivity index (χ4v) is 6.72. The highest BCUT2D eigenvalue weighted by atomic mass is 79.9. The van der Waals surface area contributed by atoms with E-state index < -0.39 is 16.6 Å². The number of nitrogens with zero attached hydrogens (tertiary/aromatic N) is 2. The molecule has 190 valence electrons. The van der Waals surface area contributed by atoms with Crippen LogP contribution < -0.4 is 18.7 Å². The number of aryl methyl sites for hydroxylation is 1. The van der Waals surface area contributed by atoms with Crippen molar-refractivity contribution in [3.8, 4) is 11.5 Å². The lowest BCUT2D eigenvalue weighted by Crippen LogP contribution is -2.45. The monoisotopic (exact) mass is 592 g/mol. The standard InChI is InChI=1S/C26H26BrClN2O5S/c1-16-5-9-24(35-4)25(11-16)36(32,33)29(20-7-10-23(34-3)21(28)14-20)15-26(31)30-17(2)12-18-13-19(27)6-8-22(18)30/h5-11,13-14,17H,12,15H2,1-4H3/t17-/m1/s1. The van der Waals surface area contributed by atoms with Gasteiger partial charge < -0.3 is 14.4 Å². The zero-order valence-electron chi connectivity index (χ0n) is 20.3. The topological polar surface area (TPSA) is 76.2 Å². The Morgan fingerprint density at radius 1 is 1.08 bits per heavy atom. The highest BCUT2D eigenvalue weighted by Crippen LogP contribution is 2.37. The Morgan fingerprint density at radius 2 is 1.78 bits per heavy atom. The van der Waals surface area contributed by atoms with Crippen LogP contribution in [0.3, 0.4) is 0 Å². The molecule has 3 aromatic rings. The van der Waals surface area contributed by atoms with Gasteiger partial charge in [0.1, 0.15) is 22.9 Å². The number of amides is 1. The van der Waals surface area contributed by atoms with E-state index in [1.165, 1.54) is 26.4 Å². The first-order valence-electron chi connectivity index (χ1n) is 11.2. The highest BCUT2D eigenvalue weighted by molar-refractivity contribution is 9.10. The van der Waals surface area contributed by atoms with E-state index in [0.717, 1.165) is 25.6 Å². The molecule has 3 aromatic carbocycles. The second kappa shape index (κ2) is 10.3. The van der Waals surface area contributed by atoms with Crippen LogP contribution in [0.5, 0.6) is 11.5 Å². The molecule has 0 saturated carbocycles. The number of hydrogen-bond acceptors (Lipinski definition) is 5. The average Bonchev–Trinajstić information content (AvgIpc) is 3.16. The fourth-order valence-electron chi connectivity index (χ4n) is 4.41. The summed E-state index contributed by atoms with van der Waals surface area (Å²) in [7, 11) is -1.35. The molecule has 0 aliphatic carbocycles. The number of methoxy groups -OCH3 is 2. The van der Waals surface area contributed by atoms with Gasteiger partial charge >= 0.3 is 0 Å². The fraction of sp³-hybridized carbons (Fsp3) is 0.269. The summed E-state index contributed by atoms with van der Waals surface area (Å²) >= 11 is 9.83. The summed E-state index contributed by atoms with van der Waals surface area (Å²) in [6.07, 6.45) is 0.674. The zero-order chi connectivity index (χ0) is 26.2. The van der Waals surface area contributed by atoms with Crippen LogP contribution in [0, 0.1) is 6.92 Å². The molecule has 0 unspecified atom stereocenters. The van der Waals surface area contributed by atoms with Gasteiger partial charge in [0.2, 0.25) is 5.91 Å². The van der Waals surface area contributed by atoms with Gasteiger partial charge in [0, 0.05) is 16.2 Å². The molecule has 0 N–H and O–H groups in total. The molecule has 0 aromatic heterocycles. The van der Waals surface area contributed by atoms with Gasteiger partial charge in [0.25, 0.3) is 10.0 Å². The van der Waals surface area contributed by atoms with Crippen LogP contribution in [0.25, 0.3) is 0 Å². The molecular weight excluding hydrogens is 568 g/mol. The summed E-state index contributed by atoms with van der Waals surface area (Å²) in [5.74, 6) is 0.220. The third-order valence-electron chi connectivity index (χ3n) is 6.12. The van der Waals surface area contributed by atoms with Crippen molar-refractivity contribution in [1.82, 2.24) is 0 Å². The van der Waals surface area contributed by atoms with Gasteiger partial charge in [0.15, 0.2) is 0 Å². The molecule has 0 saturated heterocycles. The summed E-state index contributed by atoms with van der Waals surface area (Å²) < 4.78 is 40.7. The average molecular weight is 594 g/mol. The van der Waals surface area contributed by atoms with E-state index in [2.05, 4.69) is 15.9 Å². The normalized spacial score (nSPS) is 14.9. The predicted octanol–water partition coefficient (Wildman–Crippen LogP) is 5.60. The van der Waals surface area contributed by atoms with Gasteiger partial charge in [-0.25, -0.2) is 8.42 Å². The quantitative estimate of drug-likeness (QED) is 0.356. The van der Waals surface area contributed by atoms with E-state index in [1.807, 2.05) is 25.1 Å². The van der Waals surface area contributed by atoms with E-state index in [1.54, 1.807) is 36.1 Å². The van der Waals surface area contributed by atoms with Gasteiger partial charge in [0.05, 0.1) is 24.9 Å². The number of hydrogen-bond donors (Lipinski definition) is 0. The van der Waals surface area contributed by atoms with E-state index in [0.29, 0.717) is 12.2 Å². The Morgan fingerprint density at radius 3 is 2.44 bits per heavy atom. The van der Waals surface area contributed by atoms with Crippen LogP contribution in [0.1, 0.15) is 18.1 Å². The SMILES string of the molecule is COc1ccc(N(CC(=O)N2c3ccc(Br)cc3C[C@H]2C)S(=O)(=O)c2cc(C)ccc2OC)cc1Cl.